The van der Waals surface area contributed by atoms with E-state index < -0.39 is 0 Å². The number of amides is 1. The number of carbonyl (C=O) groups is 1. The maximum Gasteiger partial charge on any atom is 0.251 e. The Kier molecular flexibility index (Phi) is 4.39. The predicted octanol–water partition coefficient (Wildman–Crippen LogP) is 1.58. The Bertz CT molecular complexity index is 462. The Balaban J connectivity index is 2.03. The summed E-state index contributed by atoms with van der Waals surface area (Å²) >= 11 is 0. The molecule has 5 heteroatoms. The smallest absolute Gasteiger partial charge is 0.251 e. The molecule has 1 saturated heterocycles. The fourth-order valence-electron chi connectivity index (χ4n) is 2.40. The highest BCUT2D eigenvalue weighted by Crippen LogP contribution is 2.17. The van der Waals surface area contributed by atoms with Gasteiger partial charge >= 0.3 is 0 Å². The Morgan fingerprint density at radius 1 is 1.47 bits per heavy atom. The second-order valence-corrected chi connectivity index (χ2v) is 5.05. The van der Waals surface area contributed by atoms with E-state index in [9.17, 15) is 4.79 Å². The van der Waals surface area contributed by atoms with Crippen molar-refractivity contribution in [2.45, 2.75) is 38.8 Å². The van der Waals surface area contributed by atoms with Crippen molar-refractivity contribution in [3.63, 3.8) is 0 Å². The fraction of sp³-hybridized carbons (Fsp3) is 0.500. The normalized spacial score (nSPS) is 22.9. The van der Waals surface area contributed by atoms with Crippen molar-refractivity contribution in [3.05, 3.63) is 29.3 Å². The molecule has 0 bridgehead atoms. The first-order valence-electron chi connectivity index (χ1n) is 6.60. The van der Waals surface area contributed by atoms with Gasteiger partial charge in [0.15, 0.2) is 0 Å². The van der Waals surface area contributed by atoms with Crippen LogP contribution < -0.4 is 16.6 Å². The highest BCUT2D eigenvalue weighted by atomic mass is 16.5. The van der Waals surface area contributed by atoms with Crippen molar-refractivity contribution >= 4 is 11.6 Å². The summed E-state index contributed by atoms with van der Waals surface area (Å²) in [6.07, 6.45) is 1.95. The summed E-state index contributed by atoms with van der Waals surface area (Å²) in [5, 5.41) is 3.07. The summed E-state index contributed by atoms with van der Waals surface area (Å²) in [5.41, 5.74) is 4.98. The predicted molar refractivity (Wildman–Crippen MR) is 74.9 cm³/mol. The molecule has 1 aromatic rings. The van der Waals surface area contributed by atoms with Gasteiger partial charge in [0.05, 0.1) is 6.10 Å². The van der Waals surface area contributed by atoms with Crippen molar-refractivity contribution in [3.8, 4) is 0 Å². The molecule has 1 amide bonds. The highest BCUT2D eigenvalue weighted by Gasteiger charge is 2.21. The number of hydrazine groups is 1. The van der Waals surface area contributed by atoms with Gasteiger partial charge in [-0.3, -0.25) is 10.6 Å². The van der Waals surface area contributed by atoms with E-state index in [1.807, 2.05) is 19.9 Å². The van der Waals surface area contributed by atoms with Crippen LogP contribution >= 0.6 is 0 Å². The molecule has 0 spiro atoms. The lowest BCUT2D eigenvalue weighted by Crippen LogP contribution is -2.41. The van der Waals surface area contributed by atoms with Crippen molar-refractivity contribution in [2.24, 2.45) is 5.84 Å². The third-order valence-corrected chi connectivity index (χ3v) is 3.46. The Labute approximate surface area is 113 Å². The summed E-state index contributed by atoms with van der Waals surface area (Å²) in [6, 6.07) is 5.65. The van der Waals surface area contributed by atoms with Crippen LogP contribution in [0.25, 0.3) is 0 Å². The van der Waals surface area contributed by atoms with Crippen molar-refractivity contribution in [1.29, 1.82) is 0 Å². The molecule has 1 fully saturated rings. The summed E-state index contributed by atoms with van der Waals surface area (Å²) < 4.78 is 5.48. The molecule has 2 atom stereocenters. The van der Waals surface area contributed by atoms with Gasteiger partial charge in [0.25, 0.3) is 5.91 Å². The number of aryl methyl sites for hydroxylation is 1. The van der Waals surface area contributed by atoms with E-state index in [1.54, 1.807) is 12.1 Å². The first-order valence-corrected chi connectivity index (χ1v) is 6.60. The Hall–Kier alpha value is -1.59. The first-order chi connectivity index (χ1) is 9.10. The van der Waals surface area contributed by atoms with Crippen LogP contribution in [0.2, 0.25) is 0 Å². The SMILES string of the molecule is Cc1cc(NN)ccc1C(=O)NC1CCOC(C)C1. The Morgan fingerprint density at radius 3 is 2.89 bits per heavy atom. The number of benzene rings is 1. The van der Waals surface area contributed by atoms with Crippen LogP contribution in [0.3, 0.4) is 0 Å². The molecule has 0 aromatic heterocycles. The average molecular weight is 263 g/mol. The number of carbonyl (C=O) groups excluding carboxylic acids is 1. The largest absolute Gasteiger partial charge is 0.378 e. The van der Waals surface area contributed by atoms with E-state index in [0.29, 0.717) is 12.2 Å². The molecule has 0 saturated carbocycles. The van der Waals surface area contributed by atoms with Gasteiger partial charge in [0.2, 0.25) is 0 Å². The van der Waals surface area contributed by atoms with Gasteiger partial charge in [0, 0.05) is 23.9 Å². The number of rotatable bonds is 3. The molecule has 0 aliphatic carbocycles. The zero-order valence-electron chi connectivity index (χ0n) is 11.4. The number of nitrogens with two attached hydrogens (primary N) is 1. The van der Waals surface area contributed by atoms with Crippen LogP contribution in [-0.4, -0.2) is 24.7 Å². The van der Waals surface area contributed by atoms with Gasteiger partial charge in [-0.05, 0) is 50.5 Å². The minimum absolute atomic E-state index is 0.0276. The van der Waals surface area contributed by atoms with Gasteiger partial charge in [-0.25, -0.2) is 0 Å². The molecule has 4 N–H and O–H groups in total. The van der Waals surface area contributed by atoms with Gasteiger partial charge in [-0.2, -0.15) is 0 Å². The Morgan fingerprint density at radius 2 is 2.26 bits per heavy atom. The lowest BCUT2D eigenvalue weighted by molar-refractivity contribution is 0.0136. The van der Waals surface area contributed by atoms with Crippen molar-refractivity contribution < 1.29 is 9.53 Å². The fourth-order valence-corrected chi connectivity index (χ4v) is 2.40. The number of hydrogen-bond donors (Lipinski definition) is 3. The maximum absolute atomic E-state index is 12.2. The summed E-state index contributed by atoms with van der Waals surface area (Å²) in [5.74, 6) is 5.32. The van der Waals surface area contributed by atoms with Gasteiger partial charge in [-0.1, -0.05) is 0 Å². The quantitative estimate of drug-likeness (QED) is 0.571. The van der Waals surface area contributed by atoms with Gasteiger partial charge in [-0.15, -0.1) is 0 Å². The lowest BCUT2D eigenvalue weighted by atomic mass is 10.0. The third-order valence-electron chi connectivity index (χ3n) is 3.46. The number of nitrogen functional groups attached to an aromatic ring is 1. The van der Waals surface area contributed by atoms with Crippen LogP contribution in [0.15, 0.2) is 18.2 Å². The topological polar surface area (TPSA) is 76.4 Å². The first kappa shape index (κ1) is 13.8. The molecule has 5 nitrogen and oxygen atoms in total. The lowest BCUT2D eigenvalue weighted by Gasteiger charge is -2.28. The van der Waals surface area contributed by atoms with Crippen LogP contribution in [-0.2, 0) is 4.74 Å². The van der Waals surface area contributed by atoms with E-state index in [-0.39, 0.29) is 18.1 Å². The number of hydrogen-bond acceptors (Lipinski definition) is 4. The van der Waals surface area contributed by atoms with Gasteiger partial charge < -0.3 is 15.5 Å². The molecule has 1 aliphatic heterocycles. The summed E-state index contributed by atoms with van der Waals surface area (Å²) in [7, 11) is 0. The van der Waals surface area contributed by atoms with E-state index in [2.05, 4.69) is 10.7 Å². The molecular weight excluding hydrogens is 242 g/mol. The maximum atomic E-state index is 12.2. The minimum Gasteiger partial charge on any atom is -0.378 e. The molecule has 104 valence electrons. The number of nitrogens with one attached hydrogen (secondary N) is 2. The van der Waals surface area contributed by atoms with E-state index in [0.717, 1.165) is 24.1 Å². The zero-order chi connectivity index (χ0) is 13.8. The molecular formula is C14H21N3O2. The third kappa shape index (κ3) is 3.45. The molecule has 2 unspecified atom stereocenters. The molecule has 19 heavy (non-hydrogen) atoms. The van der Waals surface area contributed by atoms with E-state index in [1.165, 1.54) is 0 Å². The summed E-state index contributed by atoms with van der Waals surface area (Å²) in [4.78, 5) is 12.2. The molecule has 1 aromatic carbocycles. The molecule has 2 rings (SSSR count). The van der Waals surface area contributed by atoms with Crippen molar-refractivity contribution in [1.82, 2.24) is 5.32 Å². The van der Waals surface area contributed by atoms with Crippen LogP contribution in [0, 0.1) is 6.92 Å². The number of ether oxygens (including phenoxy) is 1. The van der Waals surface area contributed by atoms with E-state index in [4.69, 9.17) is 10.6 Å². The van der Waals surface area contributed by atoms with Gasteiger partial charge in [0.1, 0.15) is 0 Å². The second-order valence-electron chi connectivity index (χ2n) is 5.05. The van der Waals surface area contributed by atoms with Crippen LogP contribution in [0.4, 0.5) is 5.69 Å². The monoisotopic (exact) mass is 263 g/mol. The number of anilines is 1. The standard InChI is InChI=1S/C14H21N3O2/c1-9-7-12(17-15)3-4-13(9)14(18)16-11-5-6-19-10(2)8-11/h3-4,7,10-11,17H,5-6,8,15H2,1-2H3,(H,16,18). The zero-order valence-corrected chi connectivity index (χ0v) is 11.4. The molecule has 0 radical (unpaired) electrons. The highest BCUT2D eigenvalue weighted by molar-refractivity contribution is 5.96. The molecule has 1 heterocycles. The van der Waals surface area contributed by atoms with Crippen LogP contribution in [0.1, 0.15) is 35.7 Å². The minimum atomic E-state index is -0.0276. The molecule has 1 aliphatic rings. The second kappa shape index (κ2) is 6.04. The average Bonchev–Trinajstić information content (AvgIpc) is 2.38. The van der Waals surface area contributed by atoms with Crippen LogP contribution in [0.5, 0.6) is 0 Å². The van der Waals surface area contributed by atoms with E-state index >= 15 is 0 Å². The van der Waals surface area contributed by atoms with Crippen molar-refractivity contribution in [2.75, 3.05) is 12.0 Å². The summed E-state index contributed by atoms with van der Waals surface area (Å²) in [6.45, 7) is 4.65.